The molecule has 0 aromatic heterocycles. The van der Waals surface area contributed by atoms with E-state index < -0.39 is 5.97 Å². The SMILES string of the molecule is COc1ccc(C=CC(=O)NC2CCCCCCC(C(=O)O)C2)cc1OC. The Bertz CT molecular complexity index is 671. The molecule has 6 heteroatoms. The highest BCUT2D eigenvalue weighted by atomic mass is 16.5. The second kappa shape index (κ2) is 10.6. The monoisotopic (exact) mass is 375 g/mol. The molecule has 2 rings (SSSR count). The van der Waals surface area contributed by atoms with Gasteiger partial charge in [-0.05, 0) is 43.0 Å². The van der Waals surface area contributed by atoms with Gasteiger partial charge in [0.1, 0.15) is 0 Å². The molecule has 0 heterocycles. The summed E-state index contributed by atoms with van der Waals surface area (Å²) >= 11 is 0. The van der Waals surface area contributed by atoms with Gasteiger partial charge >= 0.3 is 5.97 Å². The minimum Gasteiger partial charge on any atom is -0.493 e. The number of methoxy groups -OCH3 is 2. The highest BCUT2D eigenvalue weighted by molar-refractivity contribution is 5.92. The molecule has 1 fully saturated rings. The summed E-state index contributed by atoms with van der Waals surface area (Å²) in [4.78, 5) is 23.8. The second-order valence-corrected chi connectivity index (χ2v) is 6.92. The van der Waals surface area contributed by atoms with Crippen molar-refractivity contribution < 1.29 is 24.2 Å². The number of aliphatic carboxylic acids is 1. The molecule has 0 aliphatic heterocycles. The van der Waals surface area contributed by atoms with Crippen molar-refractivity contribution in [2.75, 3.05) is 14.2 Å². The molecule has 1 amide bonds. The summed E-state index contributed by atoms with van der Waals surface area (Å²) in [6, 6.07) is 5.31. The van der Waals surface area contributed by atoms with Crippen LogP contribution in [0, 0.1) is 5.92 Å². The van der Waals surface area contributed by atoms with Gasteiger partial charge in [0.25, 0.3) is 0 Å². The number of carbonyl (C=O) groups excluding carboxylic acids is 1. The molecule has 2 unspecified atom stereocenters. The van der Waals surface area contributed by atoms with Gasteiger partial charge in [0, 0.05) is 12.1 Å². The van der Waals surface area contributed by atoms with E-state index in [0.29, 0.717) is 24.3 Å². The summed E-state index contributed by atoms with van der Waals surface area (Å²) in [7, 11) is 3.14. The summed E-state index contributed by atoms with van der Waals surface area (Å²) in [5, 5.41) is 12.4. The fourth-order valence-corrected chi connectivity index (χ4v) is 3.45. The third-order valence-corrected chi connectivity index (χ3v) is 4.95. The lowest BCUT2D eigenvalue weighted by Gasteiger charge is -2.20. The Morgan fingerprint density at radius 3 is 2.44 bits per heavy atom. The fourth-order valence-electron chi connectivity index (χ4n) is 3.45. The van der Waals surface area contributed by atoms with Gasteiger partial charge in [-0.1, -0.05) is 31.7 Å². The fraction of sp³-hybridized carbons (Fsp3) is 0.524. The number of hydrogen-bond donors (Lipinski definition) is 2. The van der Waals surface area contributed by atoms with E-state index in [2.05, 4.69) is 5.32 Å². The highest BCUT2D eigenvalue weighted by Crippen LogP contribution is 2.28. The topological polar surface area (TPSA) is 84.9 Å². The molecule has 1 saturated carbocycles. The summed E-state index contributed by atoms with van der Waals surface area (Å²) in [6.07, 6.45) is 9.27. The van der Waals surface area contributed by atoms with Crippen LogP contribution in [0.5, 0.6) is 11.5 Å². The van der Waals surface area contributed by atoms with E-state index in [1.165, 1.54) is 6.08 Å². The van der Waals surface area contributed by atoms with E-state index >= 15 is 0 Å². The zero-order valence-corrected chi connectivity index (χ0v) is 16.1. The normalized spacial score (nSPS) is 21.0. The predicted molar refractivity (Wildman–Crippen MR) is 104 cm³/mol. The smallest absolute Gasteiger partial charge is 0.306 e. The van der Waals surface area contributed by atoms with E-state index in [-0.39, 0.29) is 17.9 Å². The van der Waals surface area contributed by atoms with Gasteiger partial charge in [0.2, 0.25) is 5.91 Å². The van der Waals surface area contributed by atoms with Crippen LogP contribution in [0.4, 0.5) is 0 Å². The van der Waals surface area contributed by atoms with E-state index in [9.17, 15) is 14.7 Å². The molecule has 0 radical (unpaired) electrons. The van der Waals surface area contributed by atoms with Gasteiger partial charge < -0.3 is 19.9 Å². The molecule has 1 aliphatic carbocycles. The molecule has 0 spiro atoms. The molecular weight excluding hydrogens is 346 g/mol. The average molecular weight is 375 g/mol. The van der Waals surface area contributed by atoms with Crippen LogP contribution in [0.1, 0.15) is 50.5 Å². The Morgan fingerprint density at radius 1 is 1.07 bits per heavy atom. The van der Waals surface area contributed by atoms with Crippen molar-refractivity contribution in [3.63, 3.8) is 0 Å². The van der Waals surface area contributed by atoms with Crippen molar-refractivity contribution in [1.29, 1.82) is 0 Å². The largest absolute Gasteiger partial charge is 0.493 e. The minimum absolute atomic E-state index is 0.105. The van der Waals surface area contributed by atoms with Crippen LogP contribution in [-0.4, -0.2) is 37.2 Å². The molecule has 27 heavy (non-hydrogen) atoms. The zero-order chi connectivity index (χ0) is 19.6. The number of carbonyl (C=O) groups is 2. The van der Waals surface area contributed by atoms with Gasteiger partial charge in [-0.3, -0.25) is 9.59 Å². The number of rotatable bonds is 6. The van der Waals surface area contributed by atoms with E-state index in [0.717, 1.165) is 37.7 Å². The van der Waals surface area contributed by atoms with Crippen molar-refractivity contribution in [3.8, 4) is 11.5 Å². The molecule has 6 nitrogen and oxygen atoms in total. The van der Waals surface area contributed by atoms with Gasteiger partial charge in [-0.25, -0.2) is 0 Å². The zero-order valence-electron chi connectivity index (χ0n) is 16.1. The molecule has 0 saturated heterocycles. The molecule has 2 atom stereocenters. The number of nitrogens with one attached hydrogen (secondary N) is 1. The maximum atomic E-state index is 12.3. The molecule has 0 bridgehead atoms. The first-order valence-corrected chi connectivity index (χ1v) is 9.47. The number of hydrogen-bond acceptors (Lipinski definition) is 4. The highest BCUT2D eigenvalue weighted by Gasteiger charge is 2.24. The number of carboxylic acids is 1. The standard InChI is InChI=1S/C21H29NO5/c1-26-18-11-9-15(13-19(18)27-2)10-12-20(23)22-17-8-6-4-3-5-7-16(14-17)21(24)25/h9-13,16-17H,3-8,14H2,1-2H3,(H,22,23)(H,24,25). The van der Waals surface area contributed by atoms with Crippen LogP contribution in [-0.2, 0) is 9.59 Å². The van der Waals surface area contributed by atoms with Crippen molar-refractivity contribution in [2.45, 2.75) is 51.0 Å². The first-order valence-electron chi connectivity index (χ1n) is 9.47. The number of amides is 1. The van der Waals surface area contributed by atoms with Crippen LogP contribution >= 0.6 is 0 Å². The summed E-state index contributed by atoms with van der Waals surface area (Å²) in [6.45, 7) is 0. The predicted octanol–water partition coefficient (Wildman–Crippen LogP) is 3.65. The van der Waals surface area contributed by atoms with Crippen LogP contribution in [0.3, 0.4) is 0 Å². The lowest BCUT2D eigenvalue weighted by molar-refractivity contribution is -0.142. The molecule has 148 valence electrons. The Labute approximate surface area is 160 Å². The Balaban J connectivity index is 1.99. The third kappa shape index (κ3) is 6.62. The van der Waals surface area contributed by atoms with E-state index in [1.807, 2.05) is 6.07 Å². The van der Waals surface area contributed by atoms with Crippen molar-refractivity contribution >= 4 is 18.0 Å². The van der Waals surface area contributed by atoms with Crippen LogP contribution in [0.15, 0.2) is 24.3 Å². The number of benzene rings is 1. The molecular formula is C21H29NO5. The molecule has 1 aromatic rings. The van der Waals surface area contributed by atoms with E-state index in [1.54, 1.807) is 32.4 Å². The number of carboxylic acid groups (broad SMARTS) is 1. The molecule has 1 aliphatic rings. The summed E-state index contributed by atoms with van der Waals surface area (Å²) < 4.78 is 10.5. The van der Waals surface area contributed by atoms with Gasteiger partial charge in [-0.15, -0.1) is 0 Å². The number of ether oxygens (including phenoxy) is 2. The van der Waals surface area contributed by atoms with Crippen molar-refractivity contribution in [3.05, 3.63) is 29.8 Å². The van der Waals surface area contributed by atoms with Crippen LogP contribution in [0.2, 0.25) is 0 Å². The van der Waals surface area contributed by atoms with Gasteiger partial charge in [0.05, 0.1) is 20.1 Å². The van der Waals surface area contributed by atoms with Crippen LogP contribution < -0.4 is 14.8 Å². The van der Waals surface area contributed by atoms with E-state index in [4.69, 9.17) is 9.47 Å². The summed E-state index contributed by atoms with van der Waals surface area (Å²) in [5.74, 6) is -0.136. The van der Waals surface area contributed by atoms with Crippen LogP contribution in [0.25, 0.3) is 6.08 Å². The first-order chi connectivity index (χ1) is 13.0. The van der Waals surface area contributed by atoms with Gasteiger partial charge in [0.15, 0.2) is 11.5 Å². The maximum absolute atomic E-state index is 12.3. The minimum atomic E-state index is -0.767. The Hall–Kier alpha value is -2.50. The summed E-state index contributed by atoms with van der Waals surface area (Å²) in [5.41, 5.74) is 0.820. The molecule has 2 N–H and O–H groups in total. The lowest BCUT2D eigenvalue weighted by Crippen LogP contribution is -2.36. The average Bonchev–Trinajstić information content (AvgIpc) is 2.78. The lowest BCUT2D eigenvalue weighted by atomic mass is 9.94. The first kappa shape index (κ1) is 20.8. The Kier molecular flexibility index (Phi) is 8.17. The van der Waals surface area contributed by atoms with Crippen molar-refractivity contribution in [1.82, 2.24) is 5.32 Å². The maximum Gasteiger partial charge on any atom is 0.306 e. The van der Waals surface area contributed by atoms with Crippen molar-refractivity contribution in [2.24, 2.45) is 5.92 Å². The molecule has 1 aromatic carbocycles. The quantitative estimate of drug-likeness (QED) is 0.742. The second-order valence-electron chi connectivity index (χ2n) is 6.92. The van der Waals surface area contributed by atoms with Gasteiger partial charge in [-0.2, -0.15) is 0 Å². The Morgan fingerprint density at radius 2 is 1.78 bits per heavy atom. The third-order valence-electron chi connectivity index (χ3n) is 4.95.